The quantitative estimate of drug-likeness (QED) is 0.676. The molecule has 23 heavy (non-hydrogen) atoms. The van der Waals surface area contributed by atoms with Crippen molar-refractivity contribution in [3.63, 3.8) is 0 Å². The molecule has 1 N–H and O–H groups in total. The molecule has 5 heteroatoms. The second-order valence-electron chi connectivity index (χ2n) is 5.36. The van der Waals surface area contributed by atoms with Gasteiger partial charge in [-0.25, -0.2) is 0 Å². The SMILES string of the molecule is CC(=O)C=C(O)c1ccc(Cc2ccccc2C2OCCO2)o1. The van der Waals surface area contributed by atoms with E-state index in [1.807, 2.05) is 24.3 Å². The van der Waals surface area contributed by atoms with Crippen LogP contribution >= 0.6 is 0 Å². The molecule has 0 aliphatic carbocycles. The molecule has 1 aromatic heterocycles. The number of ketones is 1. The van der Waals surface area contributed by atoms with Gasteiger partial charge >= 0.3 is 0 Å². The molecule has 1 aliphatic rings. The van der Waals surface area contributed by atoms with Crippen molar-refractivity contribution in [1.82, 2.24) is 0 Å². The Kier molecular flexibility index (Phi) is 4.60. The third-order valence-corrected chi connectivity index (χ3v) is 3.55. The van der Waals surface area contributed by atoms with Crippen molar-refractivity contribution in [1.29, 1.82) is 0 Å². The third kappa shape index (κ3) is 3.70. The van der Waals surface area contributed by atoms with E-state index in [0.717, 1.165) is 17.2 Å². The van der Waals surface area contributed by atoms with Crippen LogP contribution in [-0.2, 0) is 20.7 Å². The predicted octanol–water partition coefficient (Wildman–Crippen LogP) is 3.40. The number of carbonyl (C=O) groups is 1. The van der Waals surface area contributed by atoms with Crippen molar-refractivity contribution in [3.05, 3.63) is 65.1 Å². The molecule has 1 saturated heterocycles. The lowest BCUT2D eigenvalue weighted by atomic mass is 10.0. The molecule has 120 valence electrons. The highest BCUT2D eigenvalue weighted by atomic mass is 16.7. The number of ether oxygens (including phenoxy) is 2. The highest BCUT2D eigenvalue weighted by molar-refractivity contribution is 5.92. The van der Waals surface area contributed by atoms with Gasteiger partial charge in [0.2, 0.25) is 0 Å². The van der Waals surface area contributed by atoms with Gasteiger partial charge < -0.3 is 19.0 Å². The average Bonchev–Trinajstić information content (AvgIpc) is 3.18. The minimum absolute atomic E-state index is 0.167. The fourth-order valence-corrected chi connectivity index (χ4v) is 2.53. The first-order valence-corrected chi connectivity index (χ1v) is 7.45. The van der Waals surface area contributed by atoms with Gasteiger partial charge in [0.05, 0.1) is 13.2 Å². The molecule has 3 rings (SSSR count). The summed E-state index contributed by atoms with van der Waals surface area (Å²) in [5.41, 5.74) is 2.02. The second-order valence-corrected chi connectivity index (χ2v) is 5.36. The average molecular weight is 314 g/mol. The van der Waals surface area contributed by atoms with Crippen LogP contribution < -0.4 is 0 Å². The van der Waals surface area contributed by atoms with Crippen LogP contribution in [-0.4, -0.2) is 24.1 Å². The largest absolute Gasteiger partial charge is 0.504 e. The van der Waals surface area contributed by atoms with E-state index in [-0.39, 0.29) is 23.6 Å². The van der Waals surface area contributed by atoms with Gasteiger partial charge in [0, 0.05) is 18.1 Å². The Morgan fingerprint density at radius 3 is 2.70 bits per heavy atom. The van der Waals surface area contributed by atoms with Crippen LogP contribution in [0.25, 0.3) is 5.76 Å². The van der Waals surface area contributed by atoms with Crippen LogP contribution in [0.4, 0.5) is 0 Å². The second kappa shape index (κ2) is 6.81. The topological polar surface area (TPSA) is 68.9 Å². The van der Waals surface area contributed by atoms with Crippen LogP contribution in [0.3, 0.4) is 0 Å². The first-order valence-electron chi connectivity index (χ1n) is 7.45. The highest BCUT2D eigenvalue weighted by Gasteiger charge is 2.21. The maximum absolute atomic E-state index is 11.0. The Bertz CT molecular complexity index is 723. The zero-order valence-electron chi connectivity index (χ0n) is 12.8. The molecule has 1 fully saturated rings. The fourth-order valence-electron chi connectivity index (χ4n) is 2.53. The summed E-state index contributed by atoms with van der Waals surface area (Å²) in [7, 11) is 0. The van der Waals surface area contributed by atoms with Gasteiger partial charge in [-0.3, -0.25) is 4.79 Å². The molecule has 1 aliphatic heterocycles. The number of aliphatic hydroxyl groups is 1. The van der Waals surface area contributed by atoms with Crippen molar-refractivity contribution in [2.45, 2.75) is 19.6 Å². The van der Waals surface area contributed by atoms with E-state index in [4.69, 9.17) is 13.9 Å². The maximum Gasteiger partial charge on any atom is 0.184 e. The zero-order chi connectivity index (χ0) is 16.2. The molecular formula is C18H18O5. The van der Waals surface area contributed by atoms with Gasteiger partial charge in [0.15, 0.2) is 23.6 Å². The van der Waals surface area contributed by atoms with E-state index in [1.54, 1.807) is 12.1 Å². The van der Waals surface area contributed by atoms with E-state index >= 15 is 0 Å². The molecule has 2 aromatic rings. The number of aliphatic hydroxyl groups excluding tert-OH is 1. The molecule has 1 aromatic carbocycles. The lowest BCUT2D eigenvalue weighted by molar-refractivity contribution is -0.112. The van der Waals surface area contributed by atoms with Gasteiger partial charge in [-0.15, -0.1) is 0 Å². The van der Waals surface area contributed by atoms with Crippen molar-refractivity contribution >= 4 is 11.5 Å². The maximum atomic E-state index is 11.0. The molecule has 0 unspecified atom stereocenters. The molecular weight excluding hydrogens is 296 g/mol. The summed E-state index contributed by atoms with van der Waals surface area (Å²) in [5.74, 6) is 0.566. The number of allylic oxidation sites excluding steroid dienone is 1. The molecule has 0 amide bonds. The number of benzene rings is 1. The van der Waals surface area contributed by atoms with E-state index in [1.165, 1.54) is 6.92 Å². The molecule has 0 saturated carbocycles. The minimum atomic E-state index is -0.341. The fraction of sp³-hybridized carbons (Fsp3) is 0.278. The van der Waals surface area contributed by atoms with Crippen LogP contribution in [0.2, 0.25) is 0 Å². The number of hydrogen-bond acceptors (Lipinski definition) is 5. The van der Waals surface area contributed by atoms with Crippen molar-refractivity contribution in [2.75, 3.05) is 13.2 Å². The van der Waals surface area contributed by atoms with Gasteiger partial charge in [-0.2, -0.15) is 0 Å². The van der Waals surface area contributed by atoms with E-state index in [2.05, 4.69) is 0 Å². The molecule has 0 atom stereocenters. The number of furan rings is 1. The highest BCUT2D eigenvalue weighted by Crippen LogP contribution is 2.28. The van der Waals surface area contributed by atoms with Crippen LogP contribution in [0, 0.1) is 0 Å². The predicted molar refractivity (Wildman–Crippen MR) is 83.9 cm³/mol. The summed E-state index contributed by atoms with van der Waals surface area (Å²) in [6.07, 6.45) is 1.34. The minimum Gasteiger partial charge on any atom is -0.504 e. The third-order valence-electron chi connectivity index (χ3n) is 3.55. The lowest BCUT2D eigenvalue weighted by Gasteiger charge is -2.13. The van der Waals surface area contributed by atoms with Gasteiger partial charge in [-0.1, -0.05) is 24.3 Å². The van der Waals surface area contributed by atoms with Crippen molar-refractivity contribution < 1.29 is 23.8 Å². The Morgan fingerprint density at radius 1 is 1.22 bits per heavy atom. The van der Waals surface area contributed by atoms with Crippen molar-refractivity contribution in [2.24, 2.45) is 0 Å². The Hall–Kier alpha value is -2.37. The summed E-state index contributed by atoms with van der Waals surface area (Å²) in [6, 6.07) is 11.3. The first-order chi connectivity index (χ1) is 11.1. The van der Waals surface area contributed by atoms with Crippen LogP contribution in [0.5, 0.6) is 0 Å². The lowest BCUT2D eigenvalue weighted by Crippen LogP contribution is -2.03. The zero-order valence-corrected chi connectivity index (χ0v) is 12.8. The first kappa shape index (κ1) is 15.5. The monoisotopic (exact) mass is 314 g/mol. The van der Waals surface area contributed by atoms with Gasteiger partial charge in [-0.05, 0) is 24.6 Å². The van der Waals surface area contributed by atoms with E-state index < -0.39 is 0 Å². The number of hydrogen-bond donors (Lipinski definition) is 1. The molecule has 5 nitrogen and oxygen atoms in total. The van der Waals surface area contributed by atoms with Crippen LogP contribution in [0.1, 0.15) is 35.9 Å². The molecule has 0 radical (unpaired) electrons. The summed E-state index contributed by atoms with van der Waals surface area (Å²) >= 11 is 0. The Balaban J connectivity index is 1.80. The van der Waals surface area contributed by atoms with E-state index in [0.29, 0.717) is 25.4 Å². The van der Waals surface area contributed by atoms with Crippen molar-refractivity contribution in [3.8, 4) is 0 Å². The van der Waals surface area contributed by atoms with Crippen LogP contribution in [0.15, 0.2) is 46.9 Å². The molecule has 0 bridgehead atoms. The summed E-state index contributed by atoms with van der Waals surface area (Å²) in [4.78, 5) is 11.0. The van der Waals surface area contributed by atoms with E-state index in [9.17, 15) is 9.90 Å². The Morgan fingerprint density at radius 2 is 1.96 bits per heavy atom. The summed E-state index contributed by atoms with van der Waals surface area (Å²) < 4.78 is 16.7. The normalized spacial score (nSPS) is 16.0. The summed E-state index contributed by atoms with van der Waals surface area (Å²) in [6.45, 7) is 2.55. The smallest absolute Gasteiger partial charge is 0.184 e. The number of rotatable bonds is 5. The van der Waals surface area contributed by atoms with Gasteiger partial charge in [0.1, 0.15) is 5.76 Å². The molecule has 0 spiro atoms. The standard InChI is InChI=1S/C18H18O5/c1-12(19)10-16(20)17-7-6-14(23-17)11-13-4-2-3-5-15(13)18-21-8-9-22-18/h2-7,10,18,20H,8-9,11H2,1H3. The summed E-state index contributed by atoms with van der Waals surface area (Å²) in [5, 5.41) is 9.80. The van der Waals surface area contributed by atoms with Gasteiger partial charge in [0.25, 0.3) is 0 Å². The number of carbonyl (C=O) groups excluding carboxylic acids is 1. The Labute approximate surface area is 134 Å². The molecule has 2 heterocycles.